The lowest BCUT2D eigenvalue weighted by atomic mass is 10.0. The van der Waals surface area contributed by atoms with E-state index in [1.165, 1.54) is 0 Å². The van der Waals surface area contributed by atoms with Gasteiger partial charge in [0.2, 0.25) is 0 Å². The maximum atomic E-state index is 10.0. The van der Waals surface area contributed by atoms with Gasteiger partial charge in [0.1, 0.15) is 5.60 Å². The van der Waals surface area contributed by atoms with Gasteiger partial charge in [-0.2, -0.15) is 0 Å². The molecule has 1 aliphatic heterocycles. The summed E-state index contributed by atoms with van der Waals surface area (Å²) in [6.45, 7) is 1.77. The fourth-order valence-electron chi connectivity index (χ4n) is 1.98. The van der Waals surface area contributed by atoms with Crippen LogP contribution in [0, 0.1) is 0 Å². The number of ether oxygens (including phenoxy) is 1. The molecule has 0 aromatic heterocycles. The molecular weight excluding hydrogens is 254 g/mol. The topological polar surface area (TPSA) is 61.7 Å². The zero-order valence-corrected chi connectivity index (χ0v) is 10.9. The number of benzene rings is 1. The van der Waals surface area contributed by atoms with Crippen LogP contribution in [0.3, 0.4) is 0 Å². The van der Waals surface area contributed by atoms with Crippen LogP contribution in [-0.4, -0.2) is 42.1 Å². The molecule has 1 aromatic carbocycles. The van der Waals surface area contributed by atoms with E-state index in [0.29, 0.717) is 37.7 Å². The van der Waals surface area contributed by atoms with Crippen molar-refractivity contribution in [2.24, 2.45) is 0 Å². The smallest absolute Gasteiger partial charge is 0.102 e. The number of hydrogen-bond acceptors (Lipinski definition) is 4. The van der Waals surface area contributed by atoms with Crippen LogP contribution < -0.4 is 5.32 Å². The van der Waals surface area contributed by atoms with Crippen molar-refractivity contribution in [1.82, 2.24) is 5.32 Å². The standard InChI is InChI=1S/C13H18ClNO3/c14-11-3-1-10(2-4-11)12(16)7-15-8-13(17)5-6-18-9-13/h1-4,12,15-17H,5-9H2. The minimum absolute atomic E-state index is 0.358. The third-order valence-electron chi connectivity index (χ3n) is 3.13. The van der Waals surface area contributed by atoms with Gasteiger partial charge < -0.3 is 20.3 Å². The lowest BCUT2D eigenvalue weighted by Gasteiger charge is -2.22. The summed E-state index contributed by atoms with van der Waals surface area (Å²) in [5.74, 6) is 0. The van der Waals surface area contributed by atoms with Gasteiger partial charge in [0.05, 0.1) is 12.7 Å². The average Bonchev–Trinajstić information content (AvgIpc) is 2.77. The van der Waals surface area contributed by atoms with Gasteiger partial charge in [-0.1, -0.05) is 23.7 Å². The summed E-state index contributed by atoms with van der Waals surface area (Å²) in [6.07, 6.45) is 0.0324. The monoisotopic (exact) mass is 271 g/mol. The lowest BCUT2D eigenvalue weighted by molar-refractivity contribution is 0.0244. The van der Waals surface area contributed by atoms with Crippen molar-refractivity contribution in [3.63, 3.8) is 0 Å². The van der Waals surface area contributed by atoms with E-state index < -0.39 is 11.7 Å². The highest BCUT2D eigenvalue weighted by Crippen LogP contribution is 2.18. The van der Waals surface area contributed by atoms with Gasteiger partial charge in [-0.15, -0.1) is 0 Å². The Kier molecular flexibility index (Phi) is 4.59. The molecule has 0 bridgehead atoms. The Balaban J connectivity index is 1.77. The molecule has 2 rings (SSSR count). The van der Waals surface area contributed by atoms with E-state index in [4.69, 9.17) is 16.3 Å². The average molecular weight is 272 g/mol. The first kappa shape index (κ1) is 13.8. The third-order valence-corrected chi connectivity index (χ3v) is 3.38. The van der Waals surface area contributed by atoms with Crippen LogP contribution in [0.15, 0.2) is 24.3 Å². The van der Waals surface area contributed by atoms with Gasteiger partial charge in [0.25, 0.3) is 0 Å². The van der Waals surface area contributed by atoms with Crippen molar-refractivity contribution in [1.29, 1.82) is 0 Å². The molecule has 5 heteroatoms. The molecule has 1 aromatic rings. The van der Waals surface area contributed by atoms with E-state index in [9.17, 15) is 10.2 Å². The SMILES string of the molecule is OC(CNCC1(O)CCOC1)c1ccc(Cl)cc1. The molecule has 100 valence electrons. The Labute approximate surface area is 112 Å². The predicted molar refractivity (Wildman–Crippen MR) is 69.7 cm³/mol. The second kappa shape index (κ2) is 5.99. The molecule has 1 fully saturated rings. The van der Waals surface area contributed by atoms with Crippen molar-refractivity contribution < 1.29 is 14.9 Å². The Morgan fingerprint density at radius 2 is 2.11 bits per heavy atom. The molecule has 18 heavy (non-hydrogen) atoms. The van der Waals surface area contributed by atoms with Crippen LogP contribution in [0.25, 0.3) is 0 Å². The first-order valence-electron chi connectivity index (χ1n) is 6.03. The molecule has 2 atom stereocenters. The largest absolute Gasteiger partial charge is 0.387 e. The van der Waals surface area contributed by atoms with Crippen molar-refractivity contribution in [3.8, 4) is 0 Å². The first-order valence-corrected chi connectivity index (χ1v) is 6.41. The zero-order valence-electron chi connectivity index (χ0n) is 10.1. The number of halogens is 1. The van der Waals surface area contributed by atoms with Crippen molar-refractivity contribution >= 4 is 11.6 Å². The maximum Gasteiger partial charge on any atom is 0.102 e. The van der Waals surface area contributed by atoms with Gasteiger partial charge in [-0.05, 0) is 17.7 Å². The molecule has 1 heterocycles. The van der Waals surface area contributed by atoms with Gasteiger partial charge >= 0.3 is 0 Å². The van der Waals surface area contributed by atoms with E-state index in [1.807, 2.05) is 0 Å². The van der Waals surface area contributed by atoms with Crippen molar-refractivity contribution in [2.75, 3.05) is 26.3 Å². The summed E-state index contributed by atoms with van der Waals surface area (Å²) in [4.78, 5) is 0. The molecule has 0 aliphatic carbocycles. The van der Waals surface area contributed by atoms with Crippen molar-refractivity contribution in [2.45, 2.75) is 18.1 Å². The summed E-state index contributed by atoms with van der Waals surface area (Å²) in [5.41, 5.74) is 0.0151. The van der Waals surface area contributed by atoms with E-state index in [0.717, 1.165) is 5.56 Å². The van der Waals surface area contributed by atoms with Crippen LogP contribution in [0.5, 0.6) is 0 Å². The van der Waals surface area contributed by atoms with Crippen LogP contribution in [0.2, 0.25) is 5.02 Å². The minimum Gasteiger partial charge on any atom is -0.387 e. The summed E-state index contributed by atoms with van der Waals surface area (Å²) in [6, 6.07) is 7.08. The highest BCUT2D eigenvalue weighted by molar-refractivity contribution is 6.30. The second-order valence-corrected chi connectivity index (χ2v) is 5.16. The summed E-state index contributed by atoms with van der Waals surface area (Å²) >= 11 is 5.78. The summed E-state index contributed by atoms with van der Waals surface area (Å²) in [7, 11) is 0. The van der Waals surface area contributed by atoms with Crippen LogP contribution in [-0.2, 0) is 4.74 Å². The quantitative estimate of drug-likeness (QED) is 0.751. The molecule has 2 unspecified atom stereocenters. The van der Waals surface area contributed by atoms with E-state index in [2.05, 4.69) is 5.32 Å². The summed E-state index contributed by atoms with van der Waals surface area (Å²) < 4.78 is 5.15. The number of hydrogen-bond donors (Lipinski definition) is 3. The highest BCUT2D eigenvalue weighted by Gasteiger charge is 2.31. The number of aliphatic hydroxyl groups is 2. The normalized spacial score (nSPS) is 25.3. The Morgan fingerprint density at radius 3 is 2.72 bits per heavy atom. The molecule has 0 radical (unpaired) electrons. The number of aliphatic hydroxyl groups excluding tert-OH is 1. The summed E-state index contributed by atoms with van der Waals surface area (Å²) in [5, 5.41) is 23.7. The molecule has 3 N–H and O–H groups in total. The zero-order chi connectivity index (χ0) is 13.0. The fourth-order valence-corrected chi connectivity index (χ4v) is 2.11. The van der Waals surface area contributed by atoms with Crippen LogP contribution in [0.4, 0.5) is 0 Å². The molecule has 0 spiro atoms. The molecule has 0 saturated carbocycles. The lowest BCUT2D eigenvalue weighted by Crippen LogP contribution is -2.42. The van der Waals surface area contributed by atoms with Crippen molar-refractivity contribution in [3.05, 3.63) is 34.9 Å². The van der Waals surface area contributed by atoms with Gasteiger partial charge in [-0.3, -0.25) is 0 Å². The minimum atomic E-state index is -0.792. The Morgan fingerprint density at radius 1 is 1.39 bits per heavy atom. The fraction of sp³-hybridized carbons (Fsp3) is 0.538. The Bertz CT molecular complexity index is 376. The van der Waals surface area contributed by atoms with Crippen LogP contribution >= 0.6 is 11.6 Å². The van der Waals surface area contributed by atoms with E-state index >= 15 is 0 Å². The molecule has 4 nitrogen and oxygen atoms in total. The first-order chi connectivity index (χ1) is 8.59. The van der Waals surface area contributed by atoms with Crippen LogP contribution in [0.1, 0.15) is 18.1 Å². The second-order valence-electron chi connectivity index (χ2n) is 4.73. The highest BCUT2D eigenvalue weighted by atomic mass is 35.5. The predicted octanol–water partition coefficient (Wildman–Crippen LogP) is 1.11. The maximum absolute atomic E-state index is 10.0. The van der Waals surface area contributed by atoms with E-state index in [1.54, 1.807) is 24.3 Å². The van der Waals surface area contributed by atoms with Gasteiger partial charge in [0.15, 0.2) is 0 Å². The van der Waals surface area contributed by atoms with Gasteiger partial charge in [0, 0.05) is 31.1 Å². The van der Waals surface area contributed by atoms with E-state index in [-0.39, 0.29) is 0 Å². The number of nitrogens with one attached hydrogen (secondary N) is 1. The molecule has 1 saturated heterocycles. The third kappa shape index (κ3) is 3.67. The Hall–Kier alpha value is -0.650. The van der Waals surface area contributed by atoms with Gasteiger partial charge in [-0.25, -0.2) is 0 Å². The number of rotatable bonds is 5. The molecule has 0 amide bonds. The molecular formula is C13H18ClNO3. The molecule has 1 aliphatic rings.